The molecular formula is C25H20ClF6N3O3. The fraction of sp³-hybridized carbons (Fsp3) is 0.320. The molecule has 0 aliphatic heterocycles. The Balaban J connectivity index is 1.43. The predicted molar refractivity (Wildman–Crippen MR) is 125 cm³/mol. The number of aryl methyl sites for hydroxylation is 1. The summed E-state index contributed by atoms with van der Waals surface area (Å²) in [6, 6.07) is 5.52. The van der Waals surface area contributed by atoms with Crippen LogP contribution in [0.4, 0.5) is 26.3 Å². The number of H-pyrrole nitrogens is 1. The third-order valence-electron chi connectivity index (χ3n) is 6.19. The van der Waals surface area contributed by atoms with Gasteiger partial charge in [0.25, 0.3) is 5.56 Å². The van der Waals surface area contributed by atoms with E-state index in [1.165, 1.54) is 18.2 Å². The second kappa shape index (κ2) is 10.8. The van der Waals surface area contributed by atoms with Crippen molar-refractivity contribution in [2.24, 2.45) is 5.92 Å². The quantitative estimate of drug-likeness (QED) is 0.377. The summed E-state index contributed by atoms with van der Waals surface area (Å²) in [5, 5.41) is 2.83. The molecule has 1 fully saturated rings. The number of halogens is 7. The third kappa shape index (κ3) is 5.86. The summed E-state index contributed by atoms with van der Waals surface area (Å²) in [5.74, 6) is -4.89. The molecule has 0 spiro atoms. The SMILES string of the molecule is Cc1nc(-c2c(C(F)(F)F)ccc(CNC(=O)[C@H]3C[C@H](OCc4cc(Cl)ccc4F)C3)c2F)[nH]c(=O)c1F. The van der Waals surface area contributed by atoms with Gasteiger partial charge in [0.05, 0.1) is 29.5 Å². The van der Waals surface area contributed by atoms with Gasteiger partial charge in [0.15, 0.2) is 0 Å². The molecule has 1 heterocycles. The van der Waals surface area contributed by atoms with Crippen molar-refractivity contribution in [1.29, 1.82) is 0 Å². The van der Waals surface area contributed by atoms with E-state index in [2.05, 4.69) is 10.3 Å². The van der Waals surface area contributed by atoms with Gasteiger partial charge < -0.3 is 15.0 Å². The van der Waals surface area contributed by atoms with E-state index in [0.717, 1.165) is 13.0 Å². The first-order valence-electron chi connectivity index (χ1n) is 11.3. The van der Waals surface area contributed by atoms with Crippen LogP contribution in [0.5, 0.6) is 0 Å². The maximum atomic E-state index is 15.3. The Hall–Kier alpha value is -3.38. The average Bonchev–Trinajstić information content (AvgIpc) is 2.81. The number of hydrogen-bond donors (Lipinski definition) is 2. The van der Waals surface area contributed by atoms with Crippen molar-refractivity contribution in [2.45, 2.75) is 45.2 Å². The van der Waals surface area contributed by atoms with E-state index in [-0.39, 0.29) is 23.8 Å². The van der Waals surface area contributed by atoms with Crippen molar-refractivity contribution in [3.05, 3.63) is 85.5 Å². The highest BCUT2D eigenvalue weighted by Crippen LogP contribution is 2.38. The topological polar surface area (TPSA) is 84.1 Å². The van der Waals surface area contributed by atoms with Gasteiger partial charge >= 0.3 is 6.18 Å². The van der Waals surface area contributed by atoms with Crippen LogP contribution < -0.4 is 10.9 Å². The van der Waals surface area contributed by atoms with E-state index in [0.29, 0.717) is 23.9 Å². The molecule has 202 valence electrons. The van der Waals surface area contributed by atoms with Crippen LogP contribution in [0.25, 0.3) is 11.4 Å². The molecule has 2 N–H and O–H groups in total. The molecule has 1 saturated carbocycles. The smallest absolute Gasteiger partial charge is 0.373 e. The summed E-state index contributed by atoms with van der Waals surface area (Å²) < 4.78 is 89.1. The first kappa shape index (κ1) is 27.6. The molecule has 1 aromatic heterocycles. The number of nitrogens with zero attached hydrogens (tertiary/aromatic N) is 1. The first-order valence-corrected chi connectivity index (χ1v) is 11.7. The number of aromatic amines is 1. The van der Waals surface area contributed by atoms with Crippen molar-refractivity contribution in [1.82, 2.24) is 15.3 Å². The molecule has 1 amide bonds. The highest BCUT2D eigenvalue weighted by molar-refractivity contribution is 6.30. The Labute approximate surface area is 217 Å². The second-order valence-corrected chi connectivity index (χ2v) is 9.26. The summed E-state index contributed by atoms with van der Waals surface area (Å²) >= 11 is 5.84. The zero-order valence-corrected chi connectivity index (χ0v) is 20.4. The van der Waals surface area contributed by atoms with E-state index < -0.39 is 70.2 Å². The first-order chi connectivity index (χ1) is 17.8. The summed E-state index contributed by atoms with van der Waals surface area (Å²) in [4.78, 5) is 29.6. The fourth-order valence-corrected chi connectivity index (χ4v) is 4.21. The molecular weight excluding hydrogens is 540 g/mol. The Morgan fingerprint density at radius 2 is 1.84 bits per heavy atom. The number of ether oxygens (including phenoxy) is 1. The number of hydrogen-bond acceptors (Lipinski definition) is 4. The monoisotopic (exact) mass is 559 g/mol. The number of benzene rings is 2. The van der Waals surface area contributed by atoms with Gasteiger partial charge in [-0.15, -0.1) is 0 Å². The molecule has 0 unspecified atom stereocenters. The fourth-order valence-electron chi connectivity index (χ4n) is 4.02. The average molecular weight is 560 g/mol. The second-order valence-electron chi connectivity index (χ2n) is 8.83. The molecule has 0 atom stereocenters. The number of nitrogens with one attached hydrogen (secondary N) is 2. The summed E-state index contributed by atoms with van der Waals surface area (Å²) in [6.07, 6.45) is -4.69. The molecule has 13 heteroatoms. The van der Waals surface area contributed by atoms with Crippen molar-refractivity contribution < 1.29 is 35.9 Å². The van der Waals surface area contributed by atoms with Crippen LogP contribution in [-0.4, -0.2) is 22.0 Å². The van der Waals surface area contributed by atoms with Crippen LogP contribution >= 0.6 is 11.6 Å². The Morgan fingerprint density at radius 1 is 1.13 bits per heavy atom. The van der Waals surface area contributed by atoms with Crippen LogP contribution in [0, 0.1) is 30.3 Å². The molecule has 0 radical (unpaired) electrons. The third-order valence-corrected chi connectivity index (χ3v) is 6.43. The molecule has 1 aliphatic rings. The molecule has 0 bridgehead atoms. The Bertz CT molecular complexity index is 1440. The van der Waals surface area contributed by atoms with Crippen LogP contribution in [-0.2, 0) is 28.9 Å². The van der Waals surface area contributed by atoms with Gasteiger partial charge in [0.1, 0.15) is 17.5 Å². The standard InChI is InChI=1S/C25H20ClF6N3O3/c1-11-20(28)24(37)35-22(34-11)19-17(25(30,31)32)4-2-12(21(19)29)9-33-23(36)13-7-16(8-13)38-10-14-6-15(26)3-5-18(14)27/h2-6,13,16H,7-10H2,1H3,(H,33,36)(H,34,35,37)/t13-,16-. The van der Waals surface area contributed by atoms with E-state index in [1.807, 2.05) is 4.98 Å². The lowest BCUT2D eigenvalue weighted by Crippen LogP contribution is -2.42. The zero-order valence-electron chi connectivity index (χ0n) is 19.7. The lowest BCUT2D eigenvalue weighted by Gasteiger charge is -2.34. The minimum absolute atomic E-state index is 0.0378. The highest BCUT2D eigenvalue weighted by atomic mass is 35.5. The van der Waals surface area contributed by atoms with E-state index in [4.69, 9.17) is 16.3 Å². The minimum Gasteiger partial charge on any atom is -0.373 e. The van der Waals surface area contributed by atoms with Crippen molar-refractivity contribution >= 4 is 17.5 Å². The number of alkyl halides is 3. The van der Waals surface area contributed by atoms with Crippen LogP contribution in [0.15, 0.2) is 35.1 Å². The summed E-state index contributed by atoms with van der Waals surface area (Å²) in [7, 11) is 0. The van der Waals surface area contributed by atoms with Gasteiger partial charge in [-0.3, -0.25) is 9.59 Å². The maximum absolute atomic E-state index is 15.3. The number of amides is 1. The van der Waals surface area contributed by atoms with Crippen LogP contribution in [0.2, 0.25) is 5.02 Å². The van der Waals surface area contributed by atoms with Gasteiger partial charge in [-0.2, -0.15) is 17.6 Å². The predicted octanol–water partition coefficient (Wildman–Crippen LogP) is 5.45. The summed E-state index contributed by atoms with van der Waals surface area (Å²) in [6.45, 7) is 0.574. The van der Waals surface area contributed by atoms with Gasteiger partial charge in [0, 0.05) is 28.6 Å². The van der Waals surface area contributed by atoms with Gasteiger partial charge in [0.2, 0.25) is 11.7 Å². The van der Waals surface area contributed by atoms with Gasteiger partial charge in [-0.05, 0) is 44.0 Å². The molecule has 1 aliphatic carbocycles. The summed E-state index contributed by atoms with van der Waals surface area (Å²) in [5.41, 5.74) is -4.36. The van der Waals surface area contributed by atoms with Gasteiger partial charge in [-0.1, -0.05) is 17.7 Å². The van der Waals surface area contributed by atoms with E-state index in [1.54, 1.807) is 0 Å². The van der Waals surface area contributed by atoms with Crippen molar-refractivity contribution in [3.63, 3.8) is 0 Å². The molecule has 6 nitrogen and oxygen atoms in total. The molecule has 3 aromatic rings. The van der Waals surface area contributed by atoms with Crippen molar-refractivity contribution in [3.8, 4) is 11.4 Å². The lowest BCUT2D eigenvalue weighted by molar-refractivity contribution is -0.137. The number of carbonyl (C=O) groups is 1. The maximum Gasteiger partial charge on any atom is 0.417 e. The van der Waals surface area contributed by atoms with Crippen molar-refractivity contribution in [2.75, 3.05) is 0 Å². The lowest BCUT2D eigenvalue weighted by atomic mass is 9.81. The molecule has 0 saturated heterocycles. The zero-order chi connectivity index (χ0) is 27.8. The largest absolute Gasteiger partial charge is 0.417 e. The Morgan fingerprint density at radius 3 is 2.50 bits per heavy atom. The Kier molecular flexibility index (Phi) is 7.84. The molecule has 2 aromatic carbocycles. The minimum atomic E-state index is -5.01. The van der Waals surface area contributed by atoms with E-state index in [9.17, 15) is 31.5 Å². The van der Waals surface area contributed by atoms with E-state index >= 15 is 4.39 Å². The number of aromatic nitrogens is 2. The van der Waals surface area contributed by atoms with Crippen LogP contribution in [0.1, 0.15) is 35.2 Å². The highest BCUT2D eigenvalue weighted by Gasteiger charge is 2.38. The number of rotatable bonds is 7. The van der Waals surface area contributed by atoms with Gasteiger partial charge in [-0.25, -0.2) is 13.8 Å². The van der Waals surface area contributed by atoms with Crippen LogP contribution in [0.3, 0.4) is 0 Å². The normalized spacial score (nSPS) is 17.3. The molecule has 38 heavy (non-hydrogen) atoms. The number of carbonyl (C=O) groups excluding carboxylic acids is 1. The molecule has 4 rings (SSSR count).